The van der Waals surface area contributed by atoms with Crippen LogP contribution in [0.25, 0.3) is 11.3 Å². The number of aryl methyl sites for hydroxylation is 1. The second kappa shape index (κ2) is 3.93. The predicted molar refractivity (Wildman–Crippen MR) is 59.1 cm³/mol. The van der Waals surface area contributed by atoms with Crippen molar-refractivity contribution in [3.63, 3.8) is 0 Å². The molecule has 0 N–H and O–H groups in total. The molecule has 0 aliphatic carbocycles. The van der Waals surface area contributed by atoms with Gasteiger partial charge in [-0.2, -0.15) is 5.26 Å². The average molecular weight is 194 g/mol. The van der Waals surface area contributed by atoms with E-state index in [-0.39, 0.29) is 0 Å². The third-order valence-electron chi connectivity index (χ3n) is 2.24. The summed E-state index contributed by atoms with van der Waals surface area (Å²) < 4.78 is 0. The molecule has 72 valence electrons. The minimum atomic E-state index is 0.589. The Morgan fingerprint density at radius 3 is 2.33 bits per heavy atom. The molecule has 0 fully saturated rings. The second-order valence-corrected chi connectivity index (χ2v) is 3.41. The van der Waals surface area contributed by atoms with Crippen LogP contribution in [-0.2, 0) is 0 Å². The predicted octanol–water partition coefficient (Wildman–Crippen LogP) is 2.93. The van der Waals surface area contributed by atoms with Crippen molar-refractivity contribution >= 4 is 0 Å². The van der Waals surface area contributed by atoms with Gasteiger partial charge < -0.3 is 0 Å². The van der Waals surface area contributed by atoms with Gasteiger partial charge in [0.2, 0.25) is 0 Å². The number of rotatable bonds is 1. The van der Waals surface area contributed by atoms with E-state index < -0.39 is 0 Å². The maximum Gasteiger partial charge on any atom is 0.101 e. The van der Waals surface area contributed by atoms with Crippen LogP contribution in [0.4, 0.5) is 0 Å². The third-order valence-corrected chi connectivity index (χ3v) is 2.24. The highest BCUT2D eigenvalue weighted by atomic mass is 14.7. The van der Waals surface area contributed by atoms with Gasteiger partial charge in [0.15, 0.2) is 0 Å². The Labute approximate surface area is 88.8 Å². The van der Waals surface area contributed by atoms with Crippen molar-refractivity contribution in [3.05, 3.63) is 53.7 Å². The van der Waals surface area contributed by atoms with Gasteiger partial charge in [-0.3, -0.25) is 4.98 Å². The van der Waals surface area contributed by atoms with E-state index in [4.69, 9.17) is 5.26 Å². The van der Waals surface area contributed by atoms with Crippen molar-refractivity contribution in [2.75, 3.05) is 0 Å². The quantitative estimate of drug-likeness (QED) is 0.699. The summed E-state index contributed by atoms with van der Waals surface area (Å²) in [6.07, 6.45) is 1.59. The number of benzene rings is 1. The molecular weight excluding hydrogens is 184 g/mol. The van der Waals surface area contributed by atoms with Crippen LogP contribution < -0.4 is 0 Å². The maximum atomic E-state index is 8.65. The van der Waals surface area contributed by atoms with Crippen LogP contribution in [0, 0.1) is 18.3 Å². The molecule has 2 aromatic rings. The fourth-order valence-electron chi connectivity index (χ4n) is 1.36. The number of hydrogen-bond donors (Lipinski definition) is 0. The zero-order chi connectivity index (χ0) is 10.7. The molecule has 0 saturated heterocycles. The number of nitrogens with zero attached hydrogens (tertiary/aromatic N) is 2. The molecule has 2 nitrogen and oxygen atoms in total. The van der Waals surface area contributed by atoms with Crippen LogP contribution >= 0.6 is 0 Å². The number of pyridine rings is 1. The van der Waals surface area contributed by atoms with Crippen LogP contribution in [0.3, 0.4) is 0 Å². The molecule has 1 aromatic heterocycles. The third kappa shape index (κ3) is 2.03. The van der Waals surface area contributed by atoms with Gasteiger partial charge in [-0.15, -0.1) is 0 Å². The first kappa shape index (κ1) is 9.42. The van der Waals surface area contributed by atoms with Crippen LogP contribution in [0.15, 0.2) is 42.6 Å². The molecule has 1 aromatic carbocycles. The summed E-state index contributed by atoms with van der Waals surface area (Å²) in [4.78, 5) is 4.23. The van der Waals surface area contributed by atoms with Gasteiger partial charge in [0, 0.05) is 11.8 Å². The van der Waals surface area contributed by atoms with Crippen LogP contribution in [0.1, 0.15) is 11.1 Å². The summed E-state index contributed by atoms with van der Waals surface area (Å²) >= 11 is 0. The van der Waals surface area contributed by atoms with Crippen molar-refractivity contribution in [3.8, 4) is 17.3 Å². The molecule has 0 unspecified atom stereocenters. The van der Waals surface area contributed by atoms with E-state index in [1.807, 2.05) is 18.2 Å². The van der Waals surface area contributed by atoms with Gasteiger partial charge in [-0.25, -0.2) is 0 Å². The van der Waals surface area contributed by atoms with E-state index in [0.717, 1.165) is 11.3 Å². The van der Waals surface area contributed by atoms with Crippen molar-refractivity contribution in [1.82, 2.24) is 4.98 Å². The molecule has 2 heteroatoms. The first-order chi connectivity index (χ1) is 7.29. The summed E-state index contributed by atoms with van der Waals surface area (Å²) in [6.45, 7) is 2.05. The van der Waals surface area contributed by atoms with Gasteiger partial charge >= 0.3 is 0 Å². The summed E-state index contributed by atoms with van der Waals surface area (Å²) in [5.41, 5.74) is 3.79. The van der Waals surface area contributed by atoms with Gasteiger partial charge in [0.1, 0.15) is 6.07 Å². The van der Waals surface area contributed by atoms with Crippen molar-refractivity contribution in [2.24, 2.45) is 0 Å². The molecule has 0 spiro atoms. The van der Waals surface area contributed by atoms with Gasteiger partial charge in [-0.05, 0) is 19.1 Å². The minimum Gasteiger partial charge on any atom is -0.255 e. The fourth-order valence-corrected chi connectivity index (χ4v) is 1.36. The largest absolute Gasteiger partial charge is 0.255 e. The van der Waals surface area contributed by atoms with Gasteiger partial charge in [-0.1, -0.05) is 29.8 Å². The zero-order valence-corrected chi connectivity index (χ0v) is 8.44. The Morgan fingerprint density at radius 2 is 1.80 bits per heavy atom. The summed E-state index contributed by atoms with van der Waals surface area (Å²) in [7, 11) is 0. The SMILES string of the molecule is Cc1ccc(-c2ccc(C#N)cn2)cc1. The molecule has 0 bridgehead atoms. The second-order valence-electron chi connectivity index (χ2n) is 3.41. The number of nitriles is 1. The number of aromatic nitrogens is 1. The molecule has 0 aliphatic rings. The van der Waals surface area contributed by atoms with E-state index in [1.165, 1.54) is 5.56 Å². The first-order valence-corrected chi connectivity index (χ1v) is 4.73. The van der Waals surface area contributed by atoms with Gasteiger partial charge in [0.25, 0.3) is 0 Å². The van der Waals surface area contributed by atoms with Crippen molar-refractivity contribution in [2.45, 2.75) is 6.92 Å². The molecule has 0 radical (unpaired) electrons. The highest BCUT2D eigenvalue weighted by molar-refractivity contribution is 5.59. The molecule has 2 rings (SSSR count). The first-order valence-electron chi connectivity index (χ1n) is 4.73. The average Bonchev–Trinajstić information content (AvgIpc) is 2.30. The summed E-state index contributed by atoms with van der Waals surface area (Å²) in [5.74, 6) is 0. The lowest BCUT2D eigenvalue weighted by atomic mass is 10.1. The molecule has 0 aliphatic heterocycles. The maximum absolute atomic E-state index is 8.65. The standard InChI is InChI=1S/C13H10N2/c1-10-2-5-12(6-3-10)13-7-4-11(8-14)9-15-13/h2-7,9H,1H3. The summed E-state index contributed by atoms with van der Waals surface area (Å²) in [6, 6.07) is 13.9. The van der Waals surface area contributed by atoms with Crippen LogP contribution in [0.2, 0.25) is 0 Å². The minimum absolute atomic E-state index is 0.589. The Hall–Kier alpha value is -2.14. The fraction of sp³-hybridized carbons (Fsp3) is 0.0769. The van der Waals surface area contributed by atoms with E-state index in [1.54, 1.807) is 12.3 Å². The molecule has 0 amide bonds. The van der Waals surface area contributed by atoms with Crippen molar-refractivity contribution in [1.29, 1.82) is 5.26 Å². The van der Waals surface area contributed by atoms with E-state index in [9.17, 15) is 0 Å². The lowest BCUT2D eigenvalue weighted by Crippen LogP contribution is -1.84. The normalized spacial score (nSPS) is 9.60. The monoisotopic (exact) mass is 194 g/mol. The Balaban J connectivity index is 2.38. The van der Waals surface area contributed by atoms with Crippen LogP contribution in [0.5, 0.6) is 0 Å². The van der Waals surface area contributed by atoms with E-state index >= 15 is 0 Å². The highest BCUT2D eigenvalue weighted by Crippen LogP contribution is 2.17. The Kier molecular flexibility index (Phi) is 2.47. The van der Waals surface area contributed by atoms with E-state index in [0.29, 0.717) is 5.56 Å². The van der Waals surface area contributed by atoms with Gasteiger partial charge in [0.05, 0.1) is 11.3 Å². The van der Waals surface area contributed by atoms with E-state index in [2.05, 4.69) is 30.1 Å². The summed E-state index contributed by atoms with van der Waals surface area (Å²) in [5, 5.41) is 8.65. The Morgan fingerprint density at radius 1 is 1.07 bits per heavy atom. The molecule has 0 saturated carbocycles. The topological polar surface area (TPSA) is 36.7 Å². The smallest absolute Gasteiger partial charge is 0.101 e. The van der Waals surface area contributed by atoms with Crippen molar-refractivity contribution < 1.29 is 0 Å². The molecule has 0 atom stereocenters. The zero-order valence-electron chi connectivity index (χ0n) is 8.44. The number of hydrogen-bond acceptors (Lipinski definition) is 2. The lowest BCUT2D eigenvalue weighted by molar-refractivity contribution is 1.30. The molecular formula is C13H10N2. The molecule has 1 heterocycles. The van der Waals surface area contributed by atoms with Crippen LogP contribution in [-0.4, -0.2) is 4.98 Å². The lowest BCUT2D eigenvalue weighted by Gasteiger charge is -2.00. The Bertz CT molecular complexity index is 490. The molecule has 15 heavy (non-hydrogen) atoms. The highest BCUT2D eigenvalue weighted by Gasteiger charge is 1.98.